The summed E-state index contributed by atoms with van der Waals surface area (Å²) in [6.07, 6.45) is 20.4. The minimum atomic E-state index is -2.24. The molecule has 2 saturated carbocycles. The number of fused-ring (bicyclic) bond motifs is 2. The maximum Gasteiger partial charge on any atom is 0.168 e. The molecule has 3 aromatic carbocycles. The van der Waals surface area contributed by atoms with Crippen molar-refractivity contribution in [2.45, 2.75) is 155 Å². The summed E-state index contributed by atoms with van der Waals surface area (Å²) < 4.78 is 7.30. The number of nitrogens with zero attached hydrogens (tertiary/aromatic N) is 1. The van der Waals surface area contributed by atoms with E-state index in [0.29, 0.717) is 0 Å². The first-order chi connectivity index (χ1) is 27.6. The van der Waals surface area contributed by atoms with Crippen molar-refractivity contribution >= 4 is 46.2 Å². The Bertz CT molecular complexity index is 2080. The molecule has 5 aromatic rings. The van der Waals surface area contributed by atoms with Crippen LogP contribution in [0.2, 0.25) is 11.1 Å². The summed E-state index contributed by atoms with van der Waals surface area (Å²) in [7, 11) is -2.24. The van der Waals surface area contributed by atoms with E-state index >= 15 is 0 Å². The molecule has 58 heavy (non-hydrogen) atoms. The van der Waals surface area contributed by atoms with Crippen molar-refractivity contribution in [1.29, 1.82) is 0 Å². The molecule has 2 aliphatic carbocycles. The molecular formula is C52H68IrNO3Si-. The predicted molar refractivity (Wildman–Crippen MR) is 243 cm³/mol. The summed E-state index contributed by atoms with van der Waals surface area (Å²) >= 11 is 0. The SMILES string of the molecule is CC(C)(C)c1cc(-c2nccc3cc([Si](c4ccccc4)(C4CCCCC4)C4CCCCC4)oc23)[c-]c2ccccc12.CCC(CC)C(=O)/C=C(\O)C(CC)CC.[Ir]. The van der Waals surface area contributed by atoms with Gasteiger partial charge in [-0.3, -0.25) is 9.78 Å². The number of hydrogen-bond donors (Lipinski definition) is 1. The van der Waals surface area contributed by atoms with Crippen molar-refractivity contribution in [1.82, 2.24) is 4.98 Å². The Morgan fingerprint density at radius 2 is 1.38 bits per heavy atom. The molecule has 2 heterocycles. The van der Waals surface area contributed by atoms with Gasteiger partial charge in [0.25, 0.3) is 0 Å². The Morgan fingerprint density at radius 3 is 1.95 bits per heavy atom. The van der Waals surface area contributed by atoms with Crippen LogP contribution in [0.3, 0.4) is 0 Å². The van der Waals surface area contributed by atoms with Crippen LogP contribution in [-0.2, 0) is 30.3 Å². The Kier molecular flexibility index (Phi) is 16.4. The van der Waals surface area contributed by atoms with Crippen LogP contribution >= 0.6 is 0 Å². The van der Waals surface area contributed by atoms with E-state index in [1.54, 1.807) is 5.19 Å². The first-order valence-corrected chi connectivity index (χ1v) is 24.6. The number of pyridine rings is 1. The summed E-state index contributed by atoms with van der Waals surface area (Å²) in [5.74, 6) is 0.547. The summed E-state index contributed by atoms with van der Waals surface area (Å²) in [6.45, 7) is 15.0. The fourth-order valence-electron chi connectivity index (χ4n) is 10.3. The van der Waals surface area contributed by atoms with Crippen LogP contribution < -0.4 is 10.6 Å². The van der Waals surface area contributed by atoms with Gasteiger partial charge in [-0.15, -0.1) is 29.1 Å². The van der Waals surface area contributed by atoms with Crippen molar-refractivity contribution in [2.75, 3.05) is 0 Å². The summed E-state index contributed by atoms with van der Waals surface area (Å²) in [4.78, 5) is 16.7. The molecule has 7 rings (SSSR count). The fourth-order valence-corrected chi connectivity index (χ4v) is 17.0. The van der Waals surface area contributed by atoms with Crippen LogP contribution in [-0.4, -0.2) is 23.9 Å². The van der Waals surface area contributed by atoms with E-state index < -0.39 is 8.07 Å². The van der Waals surface area contributed by atoms with Gasteiger partial charge < -0.3 is 9.52 Å². The van der Waals surface area contributed by atoms with Gasteiger partial charge in [0.05, 0.1) is 11.1 Å². The molecule has 0 amide bonds. The molecule has 2 aromatic heterocycles. The molecule has 1 radical (unpaired) electrons. The average Bonchev–Trinajstić information content (AvgIpc) is 3.67. The molecule has 2 fully saturated rings. The van der Waals surface area contributed by atoms with Gasteiger partial charge in [-0.2, -0.15) is 0 Å². The van der Waals surface area contributed by atoms with Crippen LogP contribution in [0.4, 0.5) is 0 Å². The predicted octanol–water partition coefficient (Wildman–Crippen LogP) is 13.8. The second-order valence-corrected chi connectivity index (χ2v) is 22.4. The minimum Gasteiger partial charge on any atom is -0.512 e. The smallest absolute Gasteiger partial charge is 0.168 e. The quantitative estimate of drug-likeness (QED) is 0.0586. The number of aliphatic hydroxyl groups excluding tert-OH is 1. The number of benzene rings is 3. The standard InChI is InChI=1S/C39H44NOSi.C13H24O2.Ir/c1-39(2,3)35-26-30(25-28-15-13-14-22-34(28)35)37-38-29(23-24-40-37)27-36(41-38)42(31-16-7-4-8-17-31,32-18-9-5-10-19-32)33-20-11-6-12-21-33;1-5-10(6-2)12(14)9-13(15)11(7-3)8-4;/h4,7-8,13-17,22-24,26-27,32-33H,5-6,9-12,18-21H2,1-3H3;9-11,14H,5-8H2,1-4H3;/q-1;;/b;12-9-;. The number of ketones is 1. The molecular weight excluding hydrogens is 907 g/mol. The molecule has 6 heteroatoms. The van der Waals surface area contributed by atoms with Gasteiger partial charge in [-0.05, 0) is 59.5 Å². The second kappa shape index (κ2) is 20.8. The number of carbonyl (C=O) groups excluding carboxylic acids is 1. The van der Waals surface area contributed by atoms with Crippen LogP contribution in [0.15, 0.2) is 95.2 Å². The van der Waals surface area contributed by atoms with E-state index in [4.69, 9.17) is 9.40 Å². The summed E-state index contributed by atoms with van der Waals surface area (Å²) in [6, 6.07) is 31.0. The summed E-state index contributed by atoms with van der Waals surface area (Å²) in [5, 5.41) is 16.2. The second-order valence-electron chi connectivity index (χ2n) is 18.0. The largest absolute Gasteiger partial charge is 0.512 e. The average molecular weight is 975 g/mol. The number of allylic oxidation sites excluding steroid dienone is 2. The maximum absolute atomic E-state index is 11.7. The third-order valence-electron chi connectivity index (χ3n) is 13.5. The van der Waals surface area contributed by atoms with Crippen LogP contribution in [0.1, 0.15) is 144 Å². The molecule has 0 bridgehead atoms. The molecule has 0 saturated heterocycles. The molecule has 0 unspecified atom stereocenters. The van der Waals surface area contributed by atoms with Crippen molar-refractivity contribution in [2.24, 2.45) is 11.8 Å². The Hall–Kier alpha value is -3.31. The van der Waals surface area contributed by atoms with Crippen molar-refractivity contribution in [3.05, 3.63) is 102 Å². The number of hydrogen-bond acceptors (Lipinski definition) is 4. The maximum atomic E-state index is 11.7. The van der Waals surface area contributed by atoms with Gasteiger partial charge in [0, 0.05) is 55.3 Å². The van der Waals surface area contributed by atoms with Gasteiger partial charge in [0.2, 0.25) is 0 Å². The Morgan fingerprint density at radius 1 is 0.810 bits per heavy atom. The third kappa shape index (κ3) is 9.83. The molecule has 0 spiro atoms. The van der Waals surface area contributed by atoms with Crippen molar-refractivity contribution in [3.63, 3.8) is 0 Å². The molecule has 0 atom stereocenters. The minimum absolute atomic E-state index is 0. The van der Waals surface area contributed by atoms with E-state index in [1.165, 1.54) is 92.0 Å². The van der Waals surface area contributed by atoms with E-state index in [1.807, 2.05) is 33.9 Å². The van der Waals surface area contributed by atoms with Gasteiger partial charge >= 0.3 is 0 Å². The monoisotopic (exact) mass is 975 g/mol. The van der Waals surface area contributed by atoms with Gasteiger partial charge in [-0.1, -0.05) is 172 Å². The normalized spacial score (nSPS) is 16.1. The van der Waals surface area contributed by atoms with Gasteiger partial charge in [-0.25, -0.2) is 0 Å². The Balaban J connectivity index is 0.000000344. The van der Waals surface area contributed by atoms with E-state index in [2.05, 4.69) is 99.6 Å². The summed E-state index contributed by atoms with van der Waals surface area (Å²) in [5.41, 5.74) is 5.70. The molecule has 2 aliphatic rings. The van der Waals surface area contributed by atoms with Crippen molar-refractivity contribution in [3.8, 4) is 11.3 Å². The van der Waals surface area contributed by atoms with Crippen LogP contribution in [0.5, 0.6) is 0 Å². The van der Waals surface area contributed by atoms with Gasteiger partial charge in [0.15, 0.2) is 13.9 Å². The number of furan rings is 1. The van der Waals surface area contributed by atoms with Crippen LogP contribution in [0, 0.1) is 17.9 Å². The van der Waals surface area contributed by atoms with E-state index in [0.717, 1.165) is 59.0 Å². The van der Waals surface area contributed by atoms with Gasteiger partial charge in [0.1, 0.15) is 5.58 Å². The molecule has 1 N–H and O–H groups in total. The number of rotatable bonds is 12. The number of carbonyl (C=O) groups is 1. The fraction of sp³-hybridized carbons (Fsp3) is 0.500. The zero-order valence-electron chi connectivity index (χ0n) is 36.3. The van der Waals surface area contributed by atoms with Crippen LogP contribution in [0.25, 0.3) is 33.0 Å². The van der Waals surface area contributed by atoms with E-state index in [-0.39, 0.29) is 48.9 Å². The zero-order chi connectivity index (χ0) is 40.6. The molecule has 313 valence electrons. The topological polar surface area (TPSA) is 63.3 Å². The zero-order valence-corrected chi connectivity index (χ0v) is 39.7. The first kappa shape index (κ1) is 45.8. The van der Waals surface area contributed by atoms with Crippen molar-refractivity contribution < 1.29 is 34.4 Å². The number of aliphatic hydroxyl groups is 1. The Labute approximate surface area is 364 Å². The third-order valence-corrected chi connectivity index (χ3v) is 19.6. The number of aromatic nitrogens is 1. The first-order valence-electron chi connectivity index (χ1n) is 22.4. The molecule has 0 aliphatic heterocycles. The molecule has 4 nitrogen and oxygen atoms in total. The van der Waals surface area contributed by atoms with E-state index in [9.17, 15) is 9.90 Å².